The fourth-order valence-corrected chi connectivity index (χ4v) is 3.74. The van der Waals surface area contributed by atoms with Crippen molar-refractivity contribution in [1.82, 2.24) is 10.6 Å². The van der Waals surface area contributed by atoms with E-state index >= 15 is 0 Å². The highest BCUT2D eigenvalue weighted by Crippen LogP contribution is 2.34. The number of fused-ring (bicyclic) bond motifs is 2. The van der Waals surface area contributed by atoms with Crippen LogP contribution in [0.5, 0.6) is 0 Å². The maximum Gasteiger partial charge on any atom is 0.225 e. The van der Waals surface area contributed by atoms with Gasteiger partial charge in [0.1, 0.15) is 0 Å². The van der Waals surface area contributed by atoms with Gasteiger partial charge in [-0.25, -0.2) is 0 Å². The van der Waals surface area contributed by atoms with Crippen molar-refractivity contribution in [2.24, 2.45) is 5.92 Å². The second-order valence-corrected chi connectivity index (χ2v) is 6.35. The maximum atomic E-state index is 12.5. The number of amides is 1. The second kappa shape index (κ2) is 5.74. The predicted molar refractivity (Wildman–Crippen MR) is 80.7 cm³/mol. The summed E-state index contributed by atoms with van der Waals surface area (Å²) in [6, 6.07) is 8.76. The minimum Gasteiger partial charge on any atom is -0.349 e. The average molecular weight is 293 g/mol. The summed E-state index contributed by atoms with van der Waals surface area (Å²) in [5, 5.41) is 7.44. The van der Waals surface area contributed by atoms with Gasteiger partial charge in [0.15, 0.2) is 0 Å². The van der Waals surface area contributed by atoms with Crippen molar-refractivity contribution >= 4 is 17.5 Å². The first kappa shape index (κ1) is 13.9. The van der Waals surface area contributed by atoms with Crippen LogP contribution in [-0.2, 0) is 4.79 Å². The lowest BCUT2D eigenvalue weighted by atomic mass is 9.88. The summed E-state index contributed by atoms with van der Waals surface area (Å²) in [4.78, 5) is 12.5. The maximum absolute atomic E-state index is 12.5. The molecule has 1 amide bonds. The molecule has 2 saturated heterocycles. The van der Waals surface area contributed by atoms with E-state index in [9.17, 15) is 4.79 Å². The average Bonchev–Trinajstić information content (AvgIpc) is 3.07. The zero-order chi connectivity index (χ0) is 14.1. The summed E-state index contributed by atoms with van der Waals surface area (Å²) in [5.41, 5.74) is 1.09. The Balaban J connectivity index is 1.67. The Kier molecular flexibility index (Phi) is 3.99. The molecule has 0 radical (unpaired) electrons. The molecule has 0 aromatic heterocycles. The summed E-state index contributed by atoms with van der Waals surface area (Å²) in [7, 11) is 0. The molecule has 1 aromatic carbocycles. The Labute approximate surface area is 125 Å². The molecule has 20 heavy (non-hydrogen) atoms. The highest BCUT2D eigenvalue weighted by molar-refractivity contribution is 6.30. The summed E-state index contributed by atoms with van der Waals surface area (Å²) < 4.78 is 0. The molecule has 2 fully saturated rings. The second-order valence-electron chi connectivity index (χ2n) is 5.91. The fraction of sp³-hybridized carbons (Fsp3) is 0.562. The van der Waals surface area contributed by atoms with Crippen LogP contribution in [0.1, 0.15) is 44.2 Å². The van der Waals surface area contributed by atoms with E-state index in [1.165, 1.54) is 6.42 Å². The van der Waals surface area contributed by atoms with E-state index in [0.717, 1.165) is 29.8 Å². The molecule has 3 nitrogen and oxygen atoms in total. The van der Waals surface area contributed by atoms with Crippen molar-refractivity contribution in [3.63, 3.8) is 0 Å². The van der Waals surface area contributed by atoms with Crippen LogP contribution in [0.2, 0.25) is 5.02 Å². The topological polar surface area (TPSA) is 41.1 Å². The Morgan fingerprint density at radius 3 is 2.95 bits per heavy atom. The number of carbonyl (C=O) groups is 1. The fourth-order valence-electron chi connectivity index (χ4n) is 3.54. The minimum absolute atomic E-state index is 0.0559. The lowest BCUT2D eigenvalue weighted by molar-refractivity contribution is -0.126. The molecule has 3 rings (SSSR count). The quantitative estimate of drug-likeness (QED) is 0.895. The van der Waals surface area contributed by atoms with E-state index in [-0.39, 0.29) is 17.9 Å². The van der Waals surface area contributed by atoms with Crippen LogP contribution in [0.4, 0.5) is 0 Å². The molecule has 4 atom stereocenters. The Morgan fingerprint density at radius 1 is 1.50 bits per heavy atom. The van der Waals surface area contributed by atoms with E-state index in [4.69, 9.17) is 11.6 Å². The number of rotatable bonds is 4. The van der Waals surface area contributed by atoms with E-state index in [1.54, 1.807) is 0 Å². The van der Waals surface area contributed by atoms with Crippen LogP contribution in [0, 0.1) is 5.92 Å². The van der Waals surface area contributed by atoms with E-state index in [2.05, 4.69) is 17.6 Å². The van der Waals surface area contributed by atoms with Gasteiger partial charge in [0, 0.05) is 17.1 Å². The number of hydrogen-bond donors (Lipinski definition) is 2. The van der Waals surface area contributed by atoms with Crippen LogP contribution in [-0.4, -0.2) is 18.0 Å². The molecule has 0 aliphatic carbocycles. The summed E-state index contributed by atoms with van der Waals surface area (Å²) in [6.07, 6.45) is 4.22. The number of halogens is 1. The van der Waals surface area contributed by atoms with Crippen molar-refractivity contribution in [1.29, 1.82) is 0 Å². The van der Waals surface area contributed by atoms with Crippen LogP contribution < -0.4 is 10.6 Å². The molecule has 1 aromatic rings. The third-order valence-corrected chi connectivity index (χ3v) is 4.85. The molecular weight excluding hydrogens is 272 g/mol. The van der Waals surface area contributed by atoms with E-state index in [1.807, 2.05) is 24.3 Å². The molecular formula is C16H21ClN2O. The first-order chi connectivity index (χ1) is 9.67. The molecule has 0 saturated carbocycles. The van der Waals surface area contributed by atoms with Gasteiger partial charge < -0.3 is 10.6 Å². The van der Waals surface area contributed by atoms with Gasteiger partial charge in [0.25, 0.3) is 0 Å². The highest BCUT2D eigenvalue weighted by atomic mass is 35.5. The van der Waals surface area contributed by atoms with Gasteiger partial charge in [-0.2, -0.15) is 0 Å². The molecule has 4 heteroatoms. The van der Waals surface area contributed by atoms with Crippen molar-refractivity contribution in [3.05, 3.63) is 34.9 Å². The molecule has 2 heterocycles. The number of nitrogens with one attached hydrogen (secondary N) is 2. The SMILES string of the molecule is CCC(NC(=O)C1CC2CCC1N2)c1cccc(Cl)c1. The molecule has 108 valence electrons. The van der Waals surface area contributed by atoms with Gasteiger partial charge in [-0.15, -0.1) is 0 Å². The largest absolute Gasteiger partial charge is 0.349 e. The van der Waals surface area contributed by atoms with Gasteiger partial charge in [-0.3, -0.25) is 4.79 Å². The van der Waals surface area contributed by atoms with Crippen LogP contribution in [0.25, 0.3) is 0 Å². The van der Waals surface area contributed by atoms with Crippen LogP contribution in [0.3, 0.4) is 0 Å². The third-order valence-electron chi connectivity index (χ3n) is 4.61. The first-order valence-electron chi connectivity index (χ1n) is 7.49. The molecule has 2 N–H and O–H groups in total. The van der Waals surface area contributed by atoms with Gasteiger partial charge in [-0.1, -0.05) is 30.7 Å². The monoisotopic (exact) mass is 292 g/mol. The molecule has 2 aliphatic rings. The lowest BCUT2D eigenvalue weighted by Gasteiger charge is -2.24. The van der Waals surface area contributed by atoms with Gasteiger partial charge in [-0.05, 0) is 43.4 Å². The molecule has 0 spiro atoms. The number of benzene rings is 1. The standard InChI is InChI=1S/C16H21ClN2O/c1-2-14(10-4-3-5-11(17)8-10)19-16(20)13-9-12-6-7-15(13)18-12/h3-5,8,12-15,18H,2,6-7,9H2,1H3,(H,19,20). The summed E-state index contributed by atoms with van der Waals surface area (Å²) in [5.74, 6) is 0.332. The van der Waals surface area contributed by atoms with Crippen molar-refractivity contribution in [2.45, 2.75) is 50.7 Å². The van der Waals surface area contributed by atoms with Gasteiger partial charge >= 0.3 is 0 Å². The summed E-state index contributed by atoms with van der Waals surface area (Å²) in [6.45, 7) is 2.09. The van der Waals surface area contributed by atoms with Crippen molar-refractivity contribution in [3.8, 4) is 0 Å². The smallest absolute Gasteiger partial charge is 0.225 e. The zero-order valence-electron chi connectivity index (χ0n) is 11.7. The van der Waals surface area contributed by atoms with E-state index < -0.39 is 0 Å². The molecule has 2 bridgehead atoms. The highest BCUT2D eigenvalue weighted by Gasteiger charge is 2.42. The Morgan fingerprint density at radius 2 is 2.35 bits per heavy atom. The van der Waals surface area contributed by atoms with E-state index in [0.29, 0.717) is 12.1 Å². The number of hydrogen-bond acceptors (Lipinski definition) is 2. The summed E-state index contributed by atoms with van der Waals surface area (Å²) >= 11 is 6.04. The Hall–Kier alpha value is -1.06. The normalized spacial score (nSPS) is 29.4. The number of carbonyl (C=O) groups excluding carboxylic acids is 1. The minimum atomic E-state index is 0.0559. The van der Waals surface area contributed by atoms with Gasteiger partial charge in [0.05, 0.1) is 12.0 Å². The third kappa shape index (κ3) is 2.70. The van der Waals surface area contributed by atoms with Gasteiger partial charge in [0.2, 0.25) is 5.91 Å². The molecule has 4 unspecified atom stereocenters. The Bertz CT molecular complexity index is 505. The van der Waals surface area contributed by atoms with Crippen LogP contribution in [0.15, 0.2) is 24.3 Å². The lowest BCUT2D eigenvalue weighted by Crippen LogP contribution is -2.39. The van der Waals surface area contributed by atoms with Crippen molar-refractivity contribution in [2.75, 3.05) is 0 Å². The van der Waals surface area contributed by atoms with Crippen molar-refractivity contribution < 1.29 is 4.79 Å². The molecule has 2 aliphatic heterocycles. The first-order valence-corrected chi connectivity index (χ1v) is 7.87. The zero-order valence-corrected chi connectivity index (χ0v) is 12.5. The van der Waals surface area contributed by atoms with Crippen LogP contribution >= 0.6 is 11.6 Å². The predicted octanol–water partition coefficient (Wildman–Crippen LogP) is 3.05.